The van der Waals surface area contributed by atoms with Crippen molar-refractivity contribution in [3.05, 3.63) is 29.8 Å². The fourth-order valence-electron chi connectivity index (χ4n) is 2.93. The Balaban J connectivity index is 1.55. The first kappa shape index (κ1) is 16.8. The van der Waals surface area contributed by atoms with Gasteiger partial charge in [0.2, 0.25) is 11.8 Å². The van der Waals surface area contributed by atoms with Crippen LogP contribution >= 0.6 is 0 Å². The molecular formula is C17H21F2N3O2. The highest BCUT2D eigenvalue weighted by molar-refractivity contribution is 5.94. The quantitative estimate of drug-likeness (QED) is 0.912. The molecule has 3 rings (SSSR count). The molecule has 1 aliphatic heterocycles. The number of piperazine rings is 1. The van der Waals surface area contributed by atoms with Crippen molar-refractivity contribution < 1.29 is 18.4 Å². The summed E-state index contributed by atoms with van der Waals surface area (Å²) in [5.74, 6) is -1.65. The number of benzene rings is 1. The second-order valence-corrected chi connectivity index (χ2v) is 6.40. The van der Waals surface area contributed by atoms with Gasteiger partial charge in [-0.15, -0.1) is 0 Å². The summed E-state index contributed by atoms with van der Waals surface area (Å²) in [6, 6.07) is 2.93. The summed E-state index contributed by atoms with van der Waals surface area (Å²) in [5, 5.41) is 2.33. The number of carbonyl (C=O) groups excluding carboxylic acids is 2. The molecule has 2 aliphatic rings. The molecule has 1 unspecified atom stereocenters. The van der Waals surface area contributed by atoms with Crippen LogP contribution in [0.15, 0.2) is 18.2 Å². The van der Waals surface area contributed by atoms with Crippen LogP contribution in [0.3, 0.4) is 0 Å². The second kappa shape index (κ2) is 6.84. The van der Waals surface area contributed by atoms with E-state index in [4.69, 9.17) is 0 Å². The molecular weight excluding hydrogens is 316 g/mol. The van der Waals surface area contributed by atoms with Gasteiger partial charge in [0.05, 0.1) is 6.04 Å². The van der Waals surface area contributed by atoms with Gasteiger partial charge in [0.15, 0.2) is 0 Å². The van der Waals surface area contributed by atoms with Crippen LogP contribution in [-0.4, -0.2) is 53.8 Å². The zero-order valence-corrected chi connectivity index (χ0v) is 13.6. The summed E-state index contributed by atoms with van der Waals surface area (Å²) >= 11 is 0. The van der Waals surface area contributed by atoms with E-state index in [9.17, 15) is 18.4 Å². The monoisotopic (exact) mass is 337 g/mol. The first-order valence-electron chi connectivity index (χ1n) is 8.25. The molecule has 1 heterocycles. The lowest BCUT2D eigenvalue weighted by Gasteiger charge is -2.37. The summed E-state index contributed by atoms with van der Waals surface area (Å²) in [7, 11) is 0. The number of carbonyl (C=O) groups is 2. The van der Waals surface area contributed by atoms with E-state index in [0.717, 1.165) is 25.0 Å². The molecule has 1 aliphatic carbocycles. The maximum atomic E-state index is 13.6. The zero-order valence-electron chi connectivity index (χ0n) is 13.6. The number of hydrogen-bond acceptors (Lipinski definition) is 3. The first-order chi connectivity index (χ1) is 11.5. The van der Waals surface area contributed by atoms with Crippen LogP contribution in [0.1, 0.15) is 19.8 Å². The smallest absolute Gasteiger partial charge is 0.241 e. The van der Waals surface area contributed by atoms with Crippen LogP contribution in [0, 0.1) is 17.6 Å². The predicted octanol–water partition coefficient (Wildman–Crippen LogP) is 1.85. The lowest BCUT2D eigenvalue weighted by Crippen LogP contribution is -2.54. The Morgan fingerprint density at radius 1 is 1.12 bits per heavy atom. The summed E-state index contributed by atoms with van der Waals surface area (Å²) in [6.45, 7) is 4.02. The zero-order chi connectivity index (χ0) is 17.3. The number of amides is 2. The molecule has 2 fully saturated rings. The number of anilines is 1. The third-order valence-corrected chi connectivity index (χ3v) is 4.69. The Morgan fingerprint density at radius 2 is 1.71 bits per heavy atom. The molecule has 0 radical (unpaired) electrons. The molecule has 130 valence electrons. The summed E-state index contributed by atoms with van der Waals surface area (Å²) < 4.78 is 27.3. The minimum absolute atomic E-state index is 0.196. The summed E-state index contributed by atoms with van der Waals surface area (Å²) in [5.41, 5.74) is -0.420. The number of nitrogens with one attached hydrogen (secondary N) is 1. The molecule has 0 bridgehead atoms. The first-order valence-corrected chi connectivity index (χ1v) is 8.25. The van der Waals surface area contributed by atoms with Gasteiger partial charge in [-0.2, -0.15) is 0 Å². The van der Waals surface area contributed by atoms with Crippen LogP contribution in [-0.2, 0) is 9.59 Å². The average Bonchev–Trinajstić information content (AvgIpc) is 3.42. The molecule has 0 spiro atoms. The highest BCUT2D eigenvalue weighted by Gasteiger charge is 2.35. The van der Waals surface area contributed by atoms with Crippen LogP contribution in [0.25, 0.3) is 0 Å². The van der Waals surface area contributed by atoms with Crippen molar-refractivity contribution in [3.8, 4) is 0 Å². The van der Waals surface area contributed by atoms with Gasteiger partial charge in [-0.1, -0.05) is 6.07 Å². The number of nitrogens with zero attached hydrogens (tertiary/aromatic N) is 2. The topological polar surface area (TPSA) is 52.7 Å². The summed E-state index contributed by atoms with van der Waals surface area (Å²) in [6.07, 6.45) is 1.96. The van der Waals surface area contributed by atoms with E-state index in [-0.39, 0.29) is 11.8 Å². The average molecular weight is 337 g/mol. The Kier molecular flexibility index (Phi) is 4.80. The van der Waals surface area contributed by atoms with Crippen LogP contribution < -0.4 is 5.32 Å². The van der Waals surface area contributed by atoms with E-state index in [2.05, 4.69) is 5.32 Å². The number of rotatable bonds is 4. The maximum Gasteiger partial charge on any atom is 0.241 e. The van der Waals surface area contributed by atoms with E-state index < -0.39 is 29.3 Å². The predicted molar refractivity (Wildman–Crippen MR) is 85.3 cm³/mol. The van der Waals surface area contributed by atoms with Crippen molar-refractivity contribution in [1.29, 1.82) is 0 Å². The number of para-hydroxylation sites is 1. The molecule has 1 saturated carbocycles. The van der Waals surface area contributed by atoms with Crippen molar-refractivity contribution in [2.24, 2.45) is 5.92 Å². The summed E-state index contributed by atoms with van der Waals surface area (Å²) in [4.78, 5) is 28.1. The van der Waals surface area contributed by atoms with Gasteiger partial charge < -0.3 is 10.2 Å². The molecule has 1 aromatic carbocycles. The highest BCUT2D eigenvalue weighted by Crippen LogP contribution is 2.31. The molecule has 1 saturated heterocycles. The molecule has 1 N–H and O–H groups in total. The molecule has 1 aromatic rings. The highest BCUT2D eigenvalue weighted by atomic mass is 19.1. The van der Waals surface area contributed by atoms with Crippen molar-refractivity contribution >= 4 is 17.5 Å². The van der Waals surface area contributed by atoms with Gasteiger partial charge in [0.1, 0.15) is 17.3 Å². The van der Waals surface area contributed by atoms with Crippen LogP contribution in [0.5, 0.6) is 0 Å². The van der Waals surface area contributed by atoms with Gasteiger partial charge in [0.25, 0.3) is 0 Å². The van der Waals surface area contributed by atoms with E-state index in [1.165, 1.54) is 6.07 Å². The largest absolute Gasteiger partial charge is 0.340 e. The normalized spacial score (nSPS) is 19.9. The van der Waals surface area contributed by atoms with Crippen molar-refractivity contribution in [3.63, 3.8) is 0 Å². The van der Waals surface area contributed by atoms with Gasteiger partial charge >= 0.3 is 0 Å². The molecule has 1 atom stereocenters. The maximum absolute atomic E-state index is 13.6. The van der Waals surface area contributed by atoms with Crippen LogP contribution in [0.2, 0.25) is 0 Å². The molecule has 0 aromatic heterocycles. The van der Waals surface area contributed by atoms with Crippen molar-refractivity contribution in [1.82, 2.24) is 9.80 Å². The van der Waals surface area contributed by atoms with Crippen molar-refractivity contribution in [2.75, 3.05) is 31.5 Å². The lowest BCUT2D eigenvalue weighted by atomic mass is 10.2. The SMILES string of the molecule is CC(C(=O)Nc1c(F)cccc1F)N1CCN(C(=O)C2CC2)CC1. The minimum atomic E-state index is -0.796. The molecule has 7 heteroatoms. The van der Waals surface area contributed by atoms with Gasteiger partial charge in [-0.05, 0) is 31.9 Å². The minimum Gasteiger partial charge on any atom is -0.340 e. The third-order valence-electron chi connectivity index (χ3n) is 4.69. The fraction of sp³-hybridized carbons (Fsp3) is 0.529. The molecule has 24 heavy (non-hydrogen) atoms. The Hall–Kier alpha value is -2.02. The Morgan fingerprint density at radius 3 is 2.25 bits per heavy atom. The van der Waals surface area contributed by atoms with Gasteiger partial charge in [-0.3, -0.25) is 14.5 Å². The van der Waals surface area contributed by atoms with E-state index in [1.54, 1.807) is 6.92 Å². The molecule has 5 nitrogen and oxygen atoms in total. The van der Waals surface area contributed by atoms with Gasteiger partial charge in [-0.25, -0.2) is 8.78 Å². The second-order valence-electron chi connectivity index (χ2n) is 6.40. The number of hydrogen-bond donors (Lipinski definition) is 1. The standard InChI is InChI=1S/C17H21F2N3O2/c1-11(16(23)20-15-13(18)3-2-4-14(15)19)21-7-9-22(10-8-21)17(24)12-5-6-12/h2-4,11-12H,5-10H2,1H3,(H,20,23). The Labute approximate surface area is 139 Å². The van der Waals surface area contributed by atoms with E-state index >= 15 is 0 Å². The van der Waals surface area contributed by atoms with Gasteiger partial charge in [0, 0.05) is 32.1 Å². The number of halogens is 2. The Bertz CT molecular complexity index is 620. The lowest BCUT2D eigenvalue weighted by molar-refractivity contribution is -0.135. The van der Waals surface area contributed by atoms with E-state index in [1.807, 2.05) is 9.80 Å². The van der Waals surface area contributed by atoms with Crippen LogP contribution in [0.4, 0.5) is 14.5 Å². The fourth-order valence-corrected chi connectivity index (χ4v) is 2.93. The third kappa shape index (κ3) is 3.56. The molecule has 2 amide bonds. The van der Waals surface area contributed by atoms with E-state index in [0.29, 0.717) is 26.2 Å². The van der Waals surface area contributed by atoms with Crippen molar-refractivity contribution in [2.45, 2.75) is 25.8 Å².